The number of halogens is 4. The summed E-state index contributed by atoms with van der Waals surface area (Å²) < 4.78 is 37.6. The van der Waals surface area contributed by atoms with Gasteiger partial charge in [0.15, 0.2) is 0 Å². The molecule has 2 N–H and O–H groups in total. The maximum atomic E-state index is 12.5. The molecule has 124 valence electrons. The van der Waals surface area contributed by atoms with Crippen molar-refractivity contribution in [1.29, 1.82) is 0 Å². The number of hydrogen-bond donors (Lipinski definition) is 1. The Labute approximate surface area is 140 Å². The normalized spacial score (nSPS) is 12.3. The number of nitrogens with two attached hydrogens (primary N) is 1. The van der Waals surface area contributed by atoms with Crippen LogP contribution in [0.4, 0.5) is 13.2 Å². The van der Waals surface area contributed by atoms with Gasteiger partial charge in [-0.3, -0.25) is 0 Å². The van der Waals surface area contributed by atoms with Crippen LogP contribution in [0, 0.1) is 0 Å². The maximum absolute atomic E-state index is 12.5. The Morgan fingerprint density at radius 1 is 0.957 bits per heavy atom. The van der Waals surface area contributed by atoms with E-state index in [1.54, 1.807) is 0 Å². The molecule has 5 heteroatoms. The second-order valence-electron chi connectivity index (χ2n) is 5.17. The number of benzene rings is 2. The van der Waals surface area contributed by atoms with Gasteiger partial charge >= 0.3 is 6.18 Å². The van der Waals surface area contributed by atoms with Crippen molar-refractivity contribution in [3.05, 3.63) is 72.3 Å². The van der Waals surface area contributed by atoms with Gasteiger partial charge in [0.05, 0.1) is 5.56 Å². The largest absolute Gasteiger partial charge is 0.416 e. The van der Waals surface area contributed by atoms with Gasteiger partial charge in [0.25, 0.3) is 0 Å². The zero-order chi connectivity index (χ0) is 16.2. The maximum Gasteiger partial charge on any atom is 0.416 e. The van der Waals surface area contributed by atoms with E-state index in [0.717, 1.165) is 41.7 Å². The van der Waals surface area contributed by atoms with Crippen molar-refractivity contribution in [1.82, 2.24) is 0 Å². The van der Waals surface area contributed by atoms with E-state index in [4.69, 9.17) is 5.73 Å². The highest BCUT2D eigenvalue weighted by molar-refractivity contribution is 5.85. The first kappa shape index (κ1) is 19.3. The SMILES string of the molecule is C=CCC[C@H](N)c1ccc(-c2ccc(C(F)(F)F)cc2)cc1.Cl. The molecule has 0 aliphatic rings. The Hall–Kier alpha value is -1.78. The molecule has 0 fully saturated rings. The molecule has 2 aromatic rings. The van der Waals surface area contributed by atoms with Crippen LogP contribution in [0.5, 0.6) is 0 Å². The van der Waals surface area contributed by atoms with E-state index in [1.807, 2.05) is 30.3 Å². The zero-order valence-corrected chi connectivity index (χ0v) is 13.3. The quantitative estimate of drug-likeness (QED) is 0.687. The van der Waals surface area contributed by atoms with Crippen molar-refractivity contribution in [2.75, 3.05) is 0 Å². The lowest BCUT2D eigenvalue weighted by Gasteiger charge is -2.12. The Bertz CT molecular complexity index is 618. The van der Waals surface area contributed by atoms with Crippen LogP contribution in [0.15, 0.2) is 61.2 Å². The van der Waals surface area contributed by atoms with E-state index in [-0.39, 0.29) is 18.4 Å². The molecule has 2 aromatic carbocycles. The molecule has 0 aliphatic carbocycles. The standard InChI is InChI=1S/C18H18F3N.ClH/c1-2-3-4-17(22)15-7-5-13(6-8-15)14-9-11-16(12-10-14)18(19,20)21;/h2,5-12,17H,1,3-4,22H2;1H/t17-;/m0./s1. The fourth-order valence-electron chi connectivity index (χ4n) is 2.24. The first-order valence-electron chi connectivity index (χ1n) is 7.06. The monoisotopic (exact) mass is 341 g/mol. The summed E-state index contributed by atoms with van der Waals surface area (Å²) in [4.78, 5) is 0. The summed E-state index contributed by atoms with van der Waals surface area (Å²) in [5, 5.41) is 0. The minimum absolute atomic E-state index is 0. The van der Waals surface area contributed by atoms with Gasteiger partial charge in [-0.1, -0.05) is 42.5 Å². The predicted octanol–water partition coefficient (Wildman–Crippen LogP) is 5.76. The van der Waals surface area contributed by atoms with Gasteiger partial charge in [0.2, 0.25) is 0 Å². The third kappa shape index (κ3) is 5.12. The van der Waals surface area contributed by atoms with Crippen molar-refractivity contribution in [2.24, 2.45) is 5.73 Å². The van der Waals surface area contributed by atoms with Gasteiger partial charge in [-0.2, -0.15) is 13.2 Å². The minimum Gasteiger partial charge on any atom is -0.324 e. The van der Waals surface area contributed by atoms with Crippen LogP contribution < -0.4 is 5.73 Å². The third-order valence-electron chi connectivity index (χ3n) is 3.57. The fraction of sp³-hybridized carbons (Fsp3) is 0.222. The van der Waals surface area contributed by atoms with Gasteiger partial charge in [-0.15, -0.1) is 19.0 Å². The van der Waals surface area contributed by atoms with Gasteiger partial charge in [0, 0.05) is 6.04 Å². The lowest BCUT2D eigenvalue weighted by Crippen LogP contribution is -2.09. The van der Waals surface area contributed by atoms with Crippen LogP contribution in [0.3, 0.4) is 0 Å². The van der Waals surface area contributed by atoms with Crippen LogP contribution in [-0.2, 0) is 6.18 Å². The smallest absolute Gasteiger partial charge is 0.324 e. The Morgan fingerprint density at radius 3 is 1.87 bits per heavy atom. The van der Waals surface area contributed by atoms with Crippen LogP contribution >= 0.6 is 12.4 Å². The summed E-state index contributed by atoms with van der Waals surface area (Å²) in [6.07, 6.45) is -0.804. The summed E-state index contributed by atoms with van der Waals surface area (Å²) in [6.45, 7) is 3.67. The third-order valence-corrected chi connectivity index (χ3v) is 3.57. The van der Waals surface area contributed by atoms with Gasteiger partial charge in [-0.05, 0) is 41.7 Å². The Morgan fingerprint density at radius 2 is 1.43 bits per heavy atom. The summed E-state index contributed by atoms with van der Waals surface area (Å²) in [6, 6.07) is 12.7. The van der Waals surface area contributed by atoms with E-state index >= 15 is 0 Å². The first-order chi connectivity index (χ1) is 10.4. The Kier molecular flexibility index (Phi) is 6.85. The highest BCUT2D eigenvalue weighted by atomic mass is 35.5. The number of allylic oxidation sites excluding steroid dienone is 1. The molecule has 0 aromatic heterocycles. The van der Waals surface area contributed by atoms with Crippen molar-refractivity contribution < 1.29 is 13.2 Å². The van der Waals surface area contributed by atoms with E-state index in [1.165, 1.54) is 12.1 Å². The molecule has 0 saturated carbocycles. The predicted molar refractivity (Wildman–Crippen MR) is 90.5 cm³/mol. The van der Waals surface area contributed by atoms with E-state index in [9.17, 15) is 13.2 Å². The van der Waals surface area contributed by atoms with Crippen molar-refractivity contribution in [3.8, 4) is 11.1 Å². The average Bonchev–Trinajstić information content (AvgIpc) is 2.52. The molecule has 0 heterocycles. The van der Waals surface area contributed by atoms with Crippen molar-refractivity contribution in [3.63, 3.8) is 0 Å². The fourth-order valence-corrected chi connectivity index (χ4v) is 2.24. The number of hydrogen-bond acceptors (Lipinski definition) is 1. The highest BCUT2D eigenvalue weighted by Crippen LogP contribution is 2.31. The molecule has 0 radical (unpaired) electrons. The van der Waals surface area contributed by atoms with E-state index in [2.05, 4.69) is 6.58 Å². The second-order valence-corrected chi connectivity index (χ2v) is 5.17. The van der Waals surface area contributed by atoms with E-state index < -0.39 is 11.7 Å². The molecule has 1 atom stereocenters. The van der Waals surface area contributed by atoms with Crippen molar-refractivity contribution >= 4 is 12.4 Å². The van der Waals surface area contributed by atoms with Gasteiger partial charge in [0.1, 0.15) is 0 Å². The molecule has 0 bridgehead atoms. The first-order valence-corrected chi connectivity index (χ1v) is 7.06. The van der Waals surface area contributed by atoms with E-state index in [0.29, 0.717) is 0 Å². The number of alkyl halides is 3. The summed E-state index contributed by atoms with van der Waals surface area (Å²) in [5.74, 6) is 0. The van der Waals surface area contributed by atoms with Crippen LogP contribution in [-0.4, -0.2) is 0 Å². The molecule has 23 heavy (non-hydrogen) atoms. The molecule has 0 amide bonds. The van der Waals surface area contributed by atoms with Gasteiger partial charge < -0.3 is 5.73 Å². The van der Waals surface area contributed by atoms with Crippen LogP contribution in [0.25, 0.3) is 11.1 Å². The average molecular weight is 342 g/mol. The minimum atomic E-state index is -4.31. The molecule has 0 spiro atoms. The second kappa shape index (κ2) is 8.18. The van der Waals surface area contributed by atoms with Crippen LogP contribution in [0.1, 0.15) is 30.0 Å². The summed E-state index contributed by atoms with van der Waals surface area (Å²) in [7, 11) is 0. The zero-order valence-electron chi connectivity index (χ0n) is 12.5. The van der Waals surface area contributed by atoms with Crippen LogP contribution in [0.2, 0.25) is 0 Å². The Balaban J connectivity index is 0.00000264. The number of rotatable bonds is 5. The van der Waals surface area contributed by atoms with Gasteiger partial charge in [-0.25, -0.2) is 0 Å². The lowest BCUT2D eigenvalue weighted by atomic mass is 9.98. The molecule has 0 aliphatic heterocycles. The molecule has 2 rings (SSSR count). The molecular weight excluding hydrogens is 323 g/mol. The lowest BCUT2D eigenvalue weighted by molar-refractivity contribution is -0.137. The summed E-state index contributed by atoms with van der Waals surface area (Å²) >= 11 is 0. The molecule has 0 saturated heterocycles. The molecular formula is C18H19ClF3N. The molecule has 0 unspecified atom stereocenters. The topological polar surface area (TPSA) is 26.0 Å². The molecule has 1 nitrogen and oxygen atoms in total. The van der Waals surface area contributed by atoms with Crippen molar-refractivity contribution in [2.45, 2.75) is 25.1 Å². The summed E-state index contributed by atoms with van der Waals surface area (Å²) in [5.41, 5.74) is 8.05. The highest BCUT2D eigenvalue weighted by Gasteiger charge is 2.29.